The van der Waals surface area contributed by atoms with Crippen molar-refractivity contribution in [3.05, 3.63) is 69.1 Å². The van der Waals surface area contributed by atoms with E-state index in [2.05, 4.69) is 15.5 Å². The number of hydrogen-bond acceptors (Lipinski definition) is 6. The Hall–Kier alpha value is -2.91. The molecule has 0 aliphatic carbocycles. The Morgan fingerprint density at radius 2 is 1.97 bits per heavy atom. The van der Waals surface area contributed by atoms with Gasteiger partial charge in [0.2, 0.25) is 5.91 Å². The maximum atomic E-state index is 12.4. The molecule has 154 valence electrons. The van der Waals surface area contributed by atoms with Crippen molar-refractivity contribution in [2.45, 2.75) is 25.5 Å². The number of aryl methyl sites for hydroxylation is 2. The Labute approximate surface area is 181 Å². The molecular weight excluding hydrogens is 418 g/mol. The zero-order valence-corrected chi connectivity index (χ0v) is 18.5. The fourth-order valence-electron chi connectivity index (χ4n) is 3.18. The molecule has 0 saturated carbocycles. The molecule has 30 heavy (non-hydrogen) atoms. The molecule has 0 aliphatic rings. The summed E-state index contributed by atoms with van der Waals surface area (Å²) in [5, 5.41) is 12.0. The van der Waals surface area contributed by atoms with Crippen molar-refractivity contribution < 1.29 is 4.79 Å². The Kier molecular flexibility index (Phi) is 5.74. The summed E-state index contributed by atoms with van der Waals surface area (Å²) in [6.45, 7) is 4.33. The van der Waals surface area contributed by atoms with E-state index in [0.29, 0.717) is 17.5 Å². The monoisotopic (exact) mass is 439 g/mol. The maximum absolute atomic E-state index is 12.4. The lowest BCUT2D eigenvalue weighted by Crippen LogP contribution is -2.17. The molecule has 0 spiro atoms. The van der Waals surface area contributed by atoms with Gasteiger partial charge in [0.1, 0.15) is 0 Å². The van der Waals surface area contributed by atoms with Crippen molar-refractivity contribution in [3.63, 3.8) is 0 Å². The van der Waals surface area contributed by atoms with E-state index in [1.165, 1.54) is 23.1 Å². The number of rotatable bonds is 6. The lowest BCUT2D eigenvalue weighted by Gasteiger charge is -2.09. The summed E-state index contributed by atoms with van der Waals surface area (Å²) in [4.78, 5) is 24.7. The molecule has 0 radical (unpaired) electrons. The van der Waals surface area contributed by atoms with Gasteiger partial charge in [0, 0.05) is 12.7 Å². The first kappa shape index (κ1) is 20.4. The number of carbonyl (C=O) groups excluding carboxylic acids is 1. The van der Waals surface area contributed by atoms with Gasteiger partial charge >= 0.3 is 4.87 Å². The molecule has 0 atom stereocenters. The van der Waals surface area contributed by atoms with Gasteiger partial charge in [0.15, 0.2) is 11.0 Å². The summed E-state index contributed by atoms with van der Waals surface area (Å²) < 4.78 is 4.47. The number of aromatic nitrogens is 4. The van der Waals surface area contributed by atoms with Crippen LogP contribution in [0.15, 0.2) is 52.4 Å². The molecule has 0 bridgehead atoms. The van der Waals surface area contributed by atoms with Crippen LogP contribution < -0.4 is 10.2 Å². The summed E-state index contributed by atoms with van der Waals surface area (Å²) in [7, 11) is 1.85. The normalized spacial score (nSPS) is 11.2. The zero-order chi connectivity index (χ0) is 21.3. The molecule has 1 N–H and O–H groups in total. The van der Waals surface area contributed by atoms with Crippen LogP contribution in [0, 0.1) is 13.8 Å². The third-order valence-electron chi connectivity index (χ3n) is 4.79. The van der Waals surface area contributed by atoms with Crippen LogP contribution in [0.2, 0.25) is 0 Å². The smallest absolute Gasteiger partial charge is 0.308 e. The van der Waals surface area contributed by atoms with E-state index >= 15 is 0 Å². The first-order valence-electron chi connectivity index (χ1n) is 9.39. The minimum atomic E-state index is -0.100. The van der Waals surface area contributed by atoms with Crippen molar-refractivity contribution in [2.24, 2.45) is 7.05 Å². The van der Waals surface area contributed by atoms with Gasteiger partial charge in [-0.25, -0.2) is 0 Å². The number of nitrogens with zero attached hydrogens (tertiary/aromatic N) is 4. The van der Waals surface area contributed by atoms with E-state index in [0.717, 1.165) is 27.0 Å². The van der Waals surface area contributed by atoms with Crippen LogP contribution in [-0.2, 0) is 18.4 Å². The van der Waals surface area contributed by atoms with E-state index in [1.54, 1.807) is 4.57 Å². The number of anilines is 1. The molecule has 0 unspecified atom stereocenters. The van der Waals surface area contributed by atoms with Gasteiger partial charge in [-0.3, -0.25) is 14.2 Å². The summed E-state index contributed by atoms with van der Waals surface area (Å²) in [6.07, 6.45) is 0. The van der Waals surface area contributed by atoms with Crippen LogP contribution in [0.4, 0.5) is 5.69 Å². The number of benzene rings is 2. The predicted octanol–water partition coefficient (Wildman–Crippen LogP) is 3.59. The van der Waals surface area contributed by atoms with E-state index in [-0.39, 0.29) is 16.5 Å². The quantitative estimate of drug-likeness (QED) is 0.464. The van der Waals surface area contributed by atoms with Crippen LogP contribution in [0.1, 0.15) is 17.0 Å². The first-order valence-corrected chi connectivity index (χ1v) is 11.2. The van der Waals surface area contributed by atoms with Crippen molar-refractivity contribution in [2.75, 3.05) is 11.1 Å². The van der Waals surface area contributed by atoms with Gasteiger partial charge in [-0.1, -0.05) is 52.9 Å². The van der Waals surface area contributed by atoms with Gasteiger partial charge in [-0.2, -0.15) is 0 Å². The second-order valence-electron chi connectivity index (χ2n) is 7.03. The molecule has 9 heteroatoms. The van der Waals surface area contributed by atoms with Crippen LogP contribution >= 0.6 is 23.1 Å². The highest BCUT2D eigenvalue weighted by atomic mass is 32.2. The SMILES string of the molecule is Cc1ccc(NC(=O)CSc2nnc(Cn3c(=O)sc4ccccc43)n2C)c(C)c1. The number of carbonyl (C=O) groups is 1. The van der Waals surface area contributed by atoms with E-state index in [9.17, 15) is 9.59 Å². The van der Waals surface area contributed by atoms with Crippen LogP contribution in [-0.4, -0.2) is 31.0 Å². The number of thioether (sulfide) groups is 1. The molecule has 2 aromatic carbocycles. The standard InChI is InChI=1S/C21H21N5O2S2/c1-13-8-9-15(14(2)10-13)22-19(27)12-29-20-24-23-18(25(20)3)11-26-16-6-4-5-7-17(16)30-21(26)28/h4-10H,11-12H2,1-3H3,(H,22,27). The van der Waals surface area contributed by atoms with Gasteiger partial charge in [-0.05, 0) is 37.6 Å². The average molecular weight is 440 g/mol. The Bertz CT molecular complexity index is 1290. The van der Waals surface area contributed by atoms with Crippen molar-refractivity contribution in [1.82, 2.24) is 19.3 Å². The molecule has 7 nitrogen and oxygen atoms in total. The van der Waals surface area contributed by atoms with Crippen LogP contribution in [0.3, 0.4) is 0 Å². The fourth-order valence-corrected chi connectivity index (χ4v) is 4.80. The number of thiazole rings is 1. The van der Waals surface area contributed by atoms with Crippen LogP contribution in [0.25, 0.3) is 10.2 Å². The summed E-state index contributed by atoms with van der Waals surface area (Å²) in [6, 6.07) is 13.6. The van der Waals surface area contributed by atoms with Gasteiger partial charge in [-0.15, -0.1) is 10.2 Å². The molecule has 2 heterocycles. The highest BCUT2D eigenvalue weighted by Crippen LogP contribution is 2.21. The molecule has 0 saturated heterocycles. The summed E-state index contributed by atoms with van der Waals surface area (Å²) in [5.74, 6) is 0.787. The van der Waals surface area contributed by atoms with Crippen molar-refractivity contribution in [1.29, 1.82) is 0 Å². The third-order valence-corrected chi connectivity index (χ3v) is 6.77. The van der Waals surface area contributed by atoms with E-state index in [1.807, 2.05) is 67.9 Å². The maximum Gasteiger partial charge on any atom is 0.308 e. The topological polar surface area (TPSA) is 81.8 Å². The number of amides is 1. The molecule has 0 fully saturated rings. The largest absolute Gasteiger partial charge is 0.325 e. The predicted molar refractivity (Wildman–Crippen MR) is 121 cm³/mol. The first-order chi connectivity index (χ1) is 14.4. The lowest BCUT2D eigenvalue weighted by atomic mass is 10.1. The molecular formula is C21H21N5O2S2. The number of nitrogens with one attached hydrogen (secondary N) is 1. The minimum Gasteiger partial charge on any atom is -0.325 e. The highest BCUT2D eigenvalue weighted by molar-refractivity contribution is 7.99. The second-order valence-corrected chi connectivity index (χ2v) is 8.97. The summed E-state index contributed by atoms with van der Waals surface area (Å²) >= 11 is 2.54. The van der Waals surface area contributed by atoms with Crippen molar-refractivity contribution in [3.8, 4) is 0 Å². The van der Waals surface area contributed by atoms with Gasteiger partial charge in [0.05, 0.1) is 22.5 Å². The Balaban J connectivity index is 1.44. The van der Waals surface area contributed by atoms with Gasteiger partial charge in [0.25, 0.3) is 0 Å². The van der Waals surface area contributed by atoms with Gasteiger partial charge < -0.3 is 9.88 Å². The number of para-hydroxylation sites is 1. The number of hydrogen-bond donors (Lipinski definition) is 1. The Morgan fingerprint density at radius 1 is 1.17 bits per heavy atom. The van der Waals surface area contributed by atoms with Crippen molar-refractivity contribution >= 4 is 44.9 Å². The van der Waals surface area contributed by atoms with E-state index < -0.39 is 0 Å². The number of fused-ring (bicyclic) bond motifs is 1. The highest BCUT2D eigenvalue weighted by Gasteiger charge is 2.15. The van der Waals surface area contributed by atoms with E-state index in [4.69, 9.17) is 0 Å². The summed E-state index contributed by atoms with van der Waals surface area (Å²) in [5.41, 5.74) is 3.89. The molecule has 2 aromatic heterocycles. The van der Waals surface area contributed by atoms with Crippen LogP contribution in [0.5, 0.6) is 0 Å². The lowest BCUT2D eigenvalue weighted by molar-refractivity contribution is -0.113. The molecule has 4 rings (SSSR count). The third kappa shape index (κ3) is 4.17. The molecule has 4 aromatic rings. The Morgan fingerprint density at radius 3 is 2.77 bits per heavy atom. The molecule has 1 amide bonds. The average Bonchev–Trinajstić information content (AvgIpc) is 3.22. The minimum absolute atomic E-state index is 0.0266. The zero-order valence-electron chi connectivity index (χ0n) is 16.9. The fraction of sp³-hybridized carbons (Fsp3) is 0.238. The molecule has 0 aliphatic heterocycles. The second kappa shape index (κ2) is 8.45.